The van der Waals surface area contributed by atoms with E-state index in [2.05, 4.69) is 50.2 Å². The molecule has 4 heteroatoms. The van der Waals surface area contributed by atoms with Crippen LogP contribution in [0, 0.1) is 25.7 Å². The number of ether oxygens (including phenoxy) is 2. The normalized spacial score (nSPS) is 26.6. The fourth-order valence-corrected chi connectivity index (χ4v) is 8.68. The molecule has 204 valence electrons. The fraction of sp³-hybridized carbons (Fsp3) is 0.333. The van der Waals surface area contributed by atoms with Gasteiger partial charge in [0, 0.05) is 22.2 Å². The highest BCUT2D eigenvalue weighted by Gasteiger charge is 2.69. The molecule has 4 atom stereocenters. The second kappa shape index (κ2) is 9.33. The molecule has 4 aromatic carbocycles. The smallest absolute Gasteiger partial charge is 0.130 e. The lowest BCUT2D eigenvalue weighted by Gasteiger charge is -2.49. The number of benzene rings is 4. The van der Waals surface area contributed by atoms with Gasteiger partial charge in [-0.05, 0) is 141 Å². The summed E-state index contributed by atoms with van der Waals surface area (Å²) in [5, 5.41) is 0. The number of aryl methyl sites for hydroxylation is 2. The lowest BCUT2D eigenvalue weighted by molar-refractivity contribution is 0.170. The van der Waals surface area contributed by atoms with E-state index < -0.39 is 0 Å². The van der Waals surface area contributed by atoms with Crippen molar-refractivity contribution in [2.24, 2.45) is 11.8 Å². The van der Waals surface area contributed by atoms with E-state index in [1.807, 2.05) is 48.5 Å². The standard InChI is InChI=1S/C36H38N2O2/c1-23-20-26(5-15-33(23)39-30-11-7-28(37)8-12-30)35-19-17-25(22-35)32-4-3-18-36(32,35)27-6-16-34(24(2)21-27)40-31-13-9-29(38)10-14-31/h5-16,20-21,25,32H,3-4,17-19,22,37-38H2,1-2H3. The Balaban J connectivity index is 1.24. The van der Waals surface area contributed by atoms with Crippen LogP contribution in [0.1, 0.15) is 60.8 Å². The molecule has 7 rings (SSSR count). The van der Waals surface area contributed by atoms with Gasteiger partial charge >= 0.3 is 0 Å². The van der Waals surface area contributed by atoms with Crippen molar-refractivity contribution in [3.05, 3.63) is 107 Å². The van der Waals surface area contributed by atoms with Gasteiger partial charge in [0.15, 0.2) is 0 Å². The van der Waals surface area contributed by atoms with Gasteiger partial charge in [-0.1, -0.05) is 30.7 Å². The van der Waals surface area contributed by atoms with Gasteiger partial charge < -0.3 is 20.9 Å². The number of fused-ring (bicyclic) bond motifs is 5. The van der Waals surface area contributed by atoms with Crippen LogP contribution in [0.25, 0.3) is 0 Å². The van der Waals surface area contributed by atoms with Crippen LogP contribution in [0.4, 0.5) is 11.4 Å². The first-order valence-electron chi connectivity index (χ1n) is 14.7. The largest absolute Gasteiger partial charge is 0.457 e. The summed E-state index contributed by atoms with van der Waals surface area (Å²) in [5.74, 6) is 5.01. The van der Waals surface area contributed by atoms with Gasteiger partial charge in [0.25, 0.3) is 0 Å². The number of nitrogen functional groups attached to an aromatic ring is 2. The third-order valence-electron chi connectivity index (χ3n) is 10.3. The Kier molecular flexibility index (Phi) is 5.85. The summed E-state index contributed by atoms with van der Waals surface area (Å²) in [4.78, 5) is 0. The third-order valence-corrected chi connectivity index (χ3v) is 10.3. The molecule has 4 unspecified atom stereocenters. The molecule has 3 aliphatic carbocycles. The van der Waals surface area contributed by atoms with Crippen molar-refractivity contribution in [2.45, 2.75) is 63.2 Å². The summed E-state index contributed by atoms with van der Waals surface area (Å²) in [7, 11) is 0. The number of anilines is 2. The van der Waals surface area contributed by atoms with Crippen LogP contribution in [-0.2, 0) is 10.8 Å². The van der Waals surface area contributed by atoms with Crippen LogP contribution < -0.4 is 20.9 Å². The maximum Gasteiger partial charge on any atom is 0.130 e. The minimum atomic E-state index is 0.162. The molecule has 3 fully saturated rings. The number of nitrogens with two attached hydrogens (primary N) is 2. The molecule has 4 N–H and O–H groups in total. The summed E-state index contributed by atoms with van der Waals surface area (Å²) >= 11 is 0. The first-order chi connectivity index (χ1) is 19.4. The van der Waals surface area contributed by atoms with Crippen LogP contribution in [0.5, 0.6) is 23.0 Å². The van der Waals surface area contributed by atoms with Crippen molar-refractivity contribution in [3.8, 4) is 23.0 Å². The molecule has 0 aliphatic heterocycles. The monoisotopic (exact) mass is 530 g/mol. The third kappa shape index (κ3) is 3.80. The number of hydrogen-bond donors (Lipinski definition) is 2. The summed E-state index contributed by atoms with van der Waals surface area (Å²) < 4.78 is 12.5. The lowest BCUT2D eigenvalue weighted by atomic mass is 9.54. The summed E-state index contributed by atoms with van der Waals surface area (Å²) in [6, 6.07) is 29.2. The van der Waals surface area contributed by atoms with E-state index in [0.29, 0.717) is 0 Å². The van der Waals surface area contributed by atoms with E-state index >= 15 is 0 Å². The molecule has 0 saturated heterocycles. The van der Waals surface area contributed by atoms with Crippen LogP contribution >= 0.6 is 0 Å². The fourth-order valence-electron chi connectivity index (χ4n) is 8.68. The van der Waals surface area contributed by atoms with Crippen molar-refractivity contribution in [1.82, 2.24) is 0 Å². The van der Waals surface area contributed by atoms with Crippen molar-refractivity contribution in [3.63, 3.8) is 0 Å². The Morgan fingerprint density at radius 2 is 1.20 bits per heavy atom. The average Bonchev–Trinajstić information content (AvgIpc) is 3.66. The summed E-state index contributed by atoms with van der Waals surface area (Å²) in [5.41, 5.74) is 18.9. The molecule has 0 heterocycles. The SMILES string of the molecule is Cc1cc(C23CCC(C2)C2CCCC23c2ccc(Oc3ccc(N)cc3)c(C)c2)ccc1Oc1ccc(N)cc1. The molecule has 0 radical (unpaired) electrons. The van der Waals surface area contributed by atoms with Crippen molar-refractivity contribution in [2.75, 3.05) is 11.5 Å². The van der Waals surface area contributed by atoms with Crippen LogP contribution in [-0.4, -0.2) is 0 Å². The first kappa shape index (κ1) is 25.1. The van der Waals surface area contributed by atoms with Crippen molar-refractivity contribution in [1.29, 1.82) is 0 Å². The lowest BCUT2D eigenvalue weighted by Crippen LogP contribution is -2.47. The second-order valence-electron chi connectivity index (χ2n) is 12.4. The first-order valence-corrected chi connectivity index (χ1v) is 14.7. The Bertz CT molecular complexity index is 1560. The molecular weight excluding hydrogens is 492 g/mol. The van der Waals surface area contributed by atoms with Crippen molar-refractivity contribution < 1.29 is 9.47 Å². The van der Waals surface area contributed by atoms with E-state index in [1.54, 1.807) is 0 Å². The van der Waals surface area contributed by atoms with Gasteiger partial charge in [-0.3, -0.25) is 0 Å². The highest BCUT2D eigenvalue weighted by molar-refractivity contribution is 5.53. The zero-order valence-corrected chi connectivity index (χ0v) is 23.5. The van der Waals surface area contributed by atoms with E-state index in [0.717, 1.165) is 46.2 Å². The Labute approximate surface area is 237 Å². The zero-order valence-electron chi connectivity index (χ0n) is 23.5. The molecule has 4 aromatic rings. The van der Waals surface area contributed by atoms with Gasteiger partial charge in [0.05, 0.1) is 0 Å². The van der Waals surface area contributed by atoms with Gasteiger partial charge in [-0.15, -0.1) is 0 Å². The molecule has 0 spiro atoms. The molecular formula is C36H38N2O2. The predicted octanol–water partition coefficient (Wildman–Crippen LogP) is 8.84. The Morgan fingerprint density at radius 3 is 1.77 bits per heavy atom. The predicted molar refractivity (Wildman–Crippen MR) is 162 cm³/mol. The van der Waals surface area contributed by atoms with E-state index in [1.165, 1.54) is 60.8 Å². The van der Waals surface area contributed by atoms with Crippen LogP contribution in [0.15, 0.2) is 84.9 Å². The van der Waals surface area contributed by atoms with Crippen LogP contribution in [0.3, 0.4) is 0 Å². The molecule has 0 amide bonds. The van der Waals surface area contributed by atoms with Gasteiger partial charge in [0.1, 0.15) is 23.0 Å². The molecule has 2 bridgehead atoms. The summed E-state index contributed by atoms with van der Waals surface area (Å²) in [6.45, 7) is 4.37. The van der Waals surface area contributed by atoms with Crippen molar-refractivity contribution >= 4 is 11.4 Å². The average molecular weight is 531 g/mol. The highest BCUT2D eigenvalue weighted by Crippen LogP contribution is 2.73. The number of rotatable bonds is 6. The van der Waals surface area contributed by atoms with Gasteiger partial charge in [0.2, 0.25) is 0 Å². The molecule has 3 saturated carbocycles. The topological polar surface area (TPSA) is 70.5 Å². The maximum atomic E-state index is 6.27. The summed E-state index contributed by atoms with van der Waals surface area (Å²) in [6.07, 6.45) is 7.79. The Morgan fingerprint density at radius 1 is 0.650 bits per heavy atom. The van der Waals surface area contributed by atoms with E-state index in [4.69, 9.17) is 20.9 Å². The highest BCUT2D eigenvalue weighted by atomic mass is 16.5. The van der Waals surface area contributed by atoms with E-state index in [-0.39, 0.29) is 10.8 Å². The minimum Gasteiger partial charge on any atom is -0.457 e. The molecule has 4 nitrogen and oxygen atoms in total. The van der Waals surface area contributed by atoms with Gasteiger partial charge in [-0.25, -0.2) is 0 Å². The molecule has 0 aromatic heterocycles. The molecule has 40 heavy (non-hydrogen) atoms. The zero-order chi connectivity index (χ0) is 27.5. The quantitative estimate of drug-likeness (QED) is 0.244. The number of hydrogen-bond acceptors (Lipinski definition) is 4. The van der Waals surface area contributed by atoms with Crippen LogP contribution in [0.2, 0.25) is 0 Å². The Hall–Kier alpha value is -3.92. The molecule has 3 aliphatic rings. The second-order valence-corrected chi connectivity index (χ2v) is 12.4. The maximum absolute atomic E-state index is 6.27. The van der Waals surface area contributed by atoms with Gasteiger partial charge in [-0.2, -0.15) is 0 Å². The minimum absolute atomic E-state index is 0.162. The van der Waals surface area contributed by atoms with E-state index in [9.17, 15) is 0 Å².